The number of ether oxygens (including phenoxy) is 1. The van der Waals surface area contributed by atoms with E-state index in [1.54, 1.807) is 0 Å². The molecule has 0 spiro atoms. The summed E-state index contributed by atoms with van der Waals surface area (Å²) in [6, 6.07) is 8.17. The van der Waals surface area contributed by atoms with Crippen molar-refractivity contribution in [1.82, 2.24) is 10.2 Å². The molecule has 140 valence electrons. The second-order valence-electron chi connectivity index (χ2n) is 7.74. The van der Waals surface area contributed by atoms with Crippen molar-refractivity contribution < 1.29 is 14.6 Å². The van der Waals surface area contributed by atoms with E-state index < -0.39 is 5.60 Å². The predicted molar refractivity (Wildman–Crippen MR) is 99.1 cm³/mol. The lowest BCUT2D eigenvalue weighted by Gasteiger charge is -2.33. The van der Waals surface area contributed by atoms with Gasteiger partial charge in [-0.05, 0) is 58.2 Å². The first-order valence-electron chi connectivity index (χ1n) is 9.18. The van der Waals surface area contributed by atoms with Gasteiger partial charge in [0.2, 0.25) is 5.91 Å². The molecule has 1 fully saturated rings. The highest BCUT2D eigenvalue weighted by atomic mass is 16.5. The molecule has 0 aliphatic carbocycles. The zero-order valence-electron chi connectivity index (χ0n) is 15.9. The number of nitrogens with zero attached hydrogens (tertiary/aromatic N) is 1. The van der Waals surface area contributed by atoms with Gasteiger partial charge in [0.15, 0.2) is 0 Å². The number of likely N-dealkylation sites (tertiary alicyclic amines) is 1. The number of nitrogens with one attached hydrogen (secondary N) is 1. The smallest absolute Gasteiger partial charge is 0.234 e. The summed E-state index contributed by atoms with van der Waals surface area (Å²) in [7, 11) is 0. The van der Waals surface area contributed by atoms with E-state index in [-0.39, 0.29) is 18.1 Å². The van der Waals surface area contributed by atoms with Gasteiger partial charge in [-0.25, -0.2) is 0 Å². The molecule has 2 N–H and O–H groups in total. The number of aliphatic hydroxyl groups is 1. The van der Waals surface area contributed by atoms with Crippen LogP contribution >= 0.6 is 0 Å². The minimum Gasteiger partial charge on any atom is -0.389 e. The van der Waals surface area contributed by atoms with E-state index in [1.165, 1.54) is 0 Å². The molecule has 0 bridgehead atoms. The molecular formula is C20H32N2O3. The average molecular weight is 348 g/mol. The molecule has 1 atom stereocenters. The molecule has 1 aliphatic rings. The van der Waals surface area contributed by atoms with Crippen LogP contribution in [0, 0.1) is 0 Å². The summed E-state index contributed by atoms with van der Waals surface area (Å²) >= 11 is 0. The number of hydrogen-bond acceptors (Lipinski definition) is 4. The van der Waals surface area contributed by atoms with Gasteiger partial charge in [0.25, 0.3) is 0 Å². The van der Waals surface area contributed by atoms with Crippen LogP contribution in [0.25, 0.3) is 0 Å². The maximum atomic E-state index is 12.2. The van der Waals surface area contributed by atoms with Crippen LogP contribution < -0.4 is 5.32 Å². The van der Waals surface area contributed by atoms with Crippen LogP contribution in [0.4, 0.5) is 0 Å². The fourth-order valence-electron chi connectivity index (χ4n) is 3.27. The second-order valence-corrected chi connectivity index (χ2v) is 7.74. The monoisotopic (exact) mass is 348 g/mol. The standard InChI is InChI=1S/C20H32N2O3/c1-15(2)25-14-17-9-7-16(8-10-17)12-21-19(23)13-22-11-5-6-18(22)20(3,4)24/h7-10,15,18,24H,5-6,11-14H2,1-4H3,(H,21,23). The van der Waals surface area contributed by atoms with Gasteiger partial charge >= 0.3 is 0 Å². The van der Waals surface area contributed by atoms with Crippen LogP contribution in [0.15, 0.2) is 24.3 Å². The molecule has 0 radical (unpaired) electrons. The Balaban J connectivity index is 1.78. The summed E-state index contributed by atoms with van der Waals surface area (Å²) in [6.07, 6.45) is 2.19. The van der Waals surface area contributed by atoms with Crippen LogP contribution in [-0.2, 0) is 22.7 Å². The van der Waals surface area contributed by atoms with Gasteiger partial charge in [0.1, 0.15) is 0 Å². The van der Waals surface area contributed by atoms with Gasteiger partial charge < -0.3 is 15.2 Å². The maximum Gasteiger partial charge on any atom is 0.234 e. The Hall–Kier alpha value is -1.43. The average Bonchev–Trinajstić information content (AvgIpc) is 3.00. The summed E-state index contributed by atoms with van der Waals surface area (Å²) in [5, 5.41) is 13.2. The second kappa shape index (κ2) is 8.79. The fraction of sp³-hybridized carbons (Fsp3) is 0.650. The van der Waals surface area contributed by atoms with E-state index >= 15 is 0 Å². The number of carbonyl (C=O) groups excluding carboxylic acids is 1. The van der Waals surface area contributed by atoms with E-state index in [1.807, 2.05) is 52.0 Å². The molecule has 1 aliphatic heterocycles. The van der Waals surface area contributed by atoms with Crippen molar-refractivity contribution in [2.24, 2.45) is 0 Å². The van der Waals surface area contributed by atoms with Crippen LogP contribution in [0.1, 0.15) is 51.7 Å². The minimum absolute atomic E-state index is 0.00312. The molecule has 1 amide bonds. The first-order chi connectivity index (χ1) is 11.8. The summed E-state index contributed by atoms with van der Waals surface area (Å²) in [4.78, 5) is 14.3. The maximum absolute atomic E-state index is 12.2. The fourth-order valence-corrected chi connectivity index (χ4v) is 3.27. The SMILES string of the molecule is CC(C)OCc1ccc(CNC(=O)CN2CCCC2C(C)(C)O)cc1. The minimum atomic E-state index is -0.773. The molecule has 5 heteroatoms. The van der Waals surface area contributed by atoms with Crippen molar-refractivity contribution in [1.29, 1.82) is 0 Å². The molecule has 25 heavy (non-hydrogen) atoms. The Labute approximate surface area is 151 Å². The van der Waals surface area contributed by atoms with E-state index in [2.05, 4.69) is 10.2 Å². The van der Waals surface area contributed by atoms with Crippen molar-refractivity contribution in [3.63, 3.8) is 0 Å². The summed E-state index contributed by atoms with van der Waals surface area (Å²) < 4.78 is 5.58. The highest BCUT2D eigenvalue weighted by molar-refractivity contribution is 5.78. The van der Waals surface area contributed by atoms with E-state index in [4.69, 9.17) is 4.74 Å². The first kappa shape index (κ1) is 19.9. The van der Waals surface area contributed by atoms with E-state index in [0.717, 1.165) is 30.5 Å². The van der Waals surface area contributed by atoms with Gasteiger partial charge in [0.05, 0.1) is 24.9 Å². The zero-order valence-corrected chi connectivity index (χ0v) is 15.9. The van der Waals surface area contributed by atoms with Crippen LogP contribution in [-0.4, -0.2) is 46.7 Å². The number of benzene rings is 1. The highest BCUT2D eigenvalue weighted by Gasteiger charge is 2.36. The number of carbonyl (C=O) groups is 1. The zero-order chi connectivity index (χ0) is 18.4. The van der Waals surface area contributed by atoms with Crippen LogP contribution in [0.5, 0.6) is 0 Å². The van der Waals surface area contributed by atoms with Gasteiger partial charge in [0, 0.05) is 12.6 Å². The van der Waals surface area contributed by atoms with Crippen molar-refractivity contribution in [2.75, 3.05) is 13.1 Å². The normalized spacial score (nSPS) is 18.7. The van der Waals surface area contributed by atoms with Crippen molar-refractivity contribution in [2.45, 2.75) is 71.4 Å². The quantitative estimate of drug-likeness (QED) is 0.758. The lowest BCUT2D eigenvalue weighted by atomic mass is 9.97. The Bertz CT molecular complexity index is 549. The van der Waals surface area contributed by atoms with Crippen molar-refractivity contribution in [3.8, 4) is 0 Å². The molecule has 1 heterocycles. The molecule has 1 unspecified atom stereocenters. The Morgan fingerprint density at radius 2 is 1.96 bits per heavy atom. The number of hydrogen-bond donors (Lipinski definition) is 2. The van der Waals surface area contributed by atoms with E-state index in [0.29, 0.717) is 19.7 Å². The topological polar surface area (TPSA) is 61.8 Å². The van der Waals surface area contributed by atoms with Crippen LogP contribution in [0.2, 0.25) is 0 Å². The lowest BCUT2D eigenvalue weighted by Crippen LogP contribution is -2.48. The summed E-state index contributed by atoms with van der Waals surface area (Å²) in [5.41, 5.74) is 1.43. The molecule has 1 aromatic rings. The summed E-state index contributed by atoms with van der Waals surface area (Å²) in [5.74, 6) is 0.00312. The highest BCUT2D eigenvalue weighted by Crippen LogP contribution is 2.26. The third-order valence-corrected chi connectivity index (χ3v) is 4.62. The van der Waals surface area contributed by atoms with Crippen LogP contribution in [0.3, 0.4) is 0 Å². The molecular weight excluding hydrogens is 316 g/mol. The van der Waals surface area contributed by atoms with Gasteiger partial charge in [-0.1, -0.05) is 24.3 Å². The third-order valence-electron chi connectivity index (χ3n) is 4.62. The largest absolute Gasteiger partial charge is 0.389 e. The molecule has 0 saturated carbocycles. The van der Waals surface area contributed by atoms with Gasteiger partial charge in [-0.15, -0.1) is 0 Å². The molecule has 1 saturated heterocycles. The molecule has 2 rings (SSSR count). The Kier molecular flexibility index (Phi) is 6.99. The van der Waals surface area contributed by atoms with Gasteiger partial charge in [-0.3, -0.25) is 9.69 Å². The van der Waals surface area contributed by atoms with E-state index in [9.17, 15) is 9.90 Å². The van der Waals surface area contributed by atoms with Gasteiger partial charge in [-0.2, -0.15) is 0 Å². The Morgan fingerprint density at radius 3 is 2.56 bits per heavy atom. The summed E-state index contributed by atoms with van der Waals surface area (Å²) in [6.45, 7) is 10.0. The third kappa shape index (κ3) is 6.42. The predicted octanol–water partition coefficient (Wildman–Crippen LogP) is 2.46. The first-order valence-corrected chi connectivity index (χ1v) is 9.18. The lowest BCUT2D eigenvalue weighted by molar-refractivity contribution is -0.123. The molecule has 5 nitrogen and oxygen atoms in total. The number of rotatable bonds is 8. The number of amides is 1. The van der Waals surface area contributed by atoms with Crippen molar-refractivity contribution >= 4 is 5.91 Å². The molecule has 1 aromatic carbocycles. The van der Waals surface area contributed by atoms with Crippen molar-refractivity contribution in [3.05, 3.63) is 35.4 Å². The Morgan fingerprint density at radius 1 is 1.32 bits per heavy atom. The molecule has 0 aromatic heterocycles.